The van der Waals surface area contributed by atoms with Crippen molar-refractivity contribution in [2.75, 3.05) is 6.61 Å². The molecule has 11 nitrogen and oxygen atoms in total. The number of aliphatic hydroxyl groups is 4. The second-order valence-electron chi connectivity index (χ2n) is 18.6. The zero-order valence-electron chi connectivity index (χ0n) is 32.6. The summed E-state index contributed by atoms with van der Waals surface area (Å²) >= 11 is 0. The Kier molecular flexibility index (Phi) is 11.6. The Morgan fingerprint density at radius 2 is 1.62 bits per heavy atom. The number of aliphatic hydroxyl groups excluding tert-OH is 3. The van der Waals surface area contributed by atoms with Gasteiger partial charge in [0.1, 0.15) is 24.4 Å². The van der Waals surface area contributed by atoms with Crippen LogP contribution in [0.3, 0.4) is 0 Å². The number of hydrogen-bond donors (Lipinski definition) is 5. The molecule has 0 radical (unpaired) electrons. The van der Waals surface area contributed by atoms with E-state index in [0.717, 1.165) is 44.9 Å². The van der Waals surface area contributed by atoms with Crippen molar-refractivity contribution in [1.82, 2.24) is 0 Å². The van der Waals surface area contributed by atoms with Crippen LogP contribution in [0.2, 0.25) is 0 Å². The Balaban J connectivity index is 1.38. The van der Waals surface area contributed by atoms with Crippen LogP contribution in [-0.2, 0) is 28.6 Å². The smallest absolute Gasteiger partial charge is 0.311 e. The van der Waals surface area contributed by atoms with Crippen LogP contribution < -0.4 is 0 Å². The molecule has 4 aliphatic carbocycles. The lowest BCUT2D eigenvalue weighted by molar-refractivity contribution is -0.265. The van der Waals surface area contributed by atoms with Crippen LogP contribution in [0.5, 0.6) is 0 Å². The lowest BCUT2D eigenvalue weighted by atomic mass is 9.43. The normalized spacial score (nSPS) is 40.0. The fourth-order valence-corrected chi connectivity index (χ4v) is 11.6. The molecular weight excluding hydrogens is 668 g/mol. The SMILES string of the molecule is CC(C)=CCC[C@@H](C(=O)O[C@@H]1OC[C@@H](O)[C@H](O)[C@H]1O)[C@H]1CC[C@@]2(C)C3=C(CC[C@]12C)[C@@]1(C)CC[C@@H](OC(=O)CC(C)(O)CC(=O)O)C(C)(C)[C@@H]1CC3. The van der Waals surface area contributed by atoms with Crippen LogP contribution in [0.1, 0.15) is 132 Å². The van der Waals surface area contributed by atoms with Crippen LogP contribution in [0.15, 0.2) is 22.8 Å². The molecule has 5 aliphatic rings. The third-order valence-electron chi connectivity index (χ3n) is 14.6. The van der Waals surface area contributed by atoms with Crippen molar-refractivity contribution in [2.45, 2.75) is 169 Å². The summed E-state index contributed by atoms with van der Waals surface area (Å²) in [6.07, 6.45) is 3.69. The predicted octanol–water partition coefficient (Wildman–Crippen LogP) is 5.61. The van der Waals surface area contributed by atoms with Crippen LogP contribution in [-0.4, -0.2) is 86.4 Å². The number of carbonyl (C=O) groups excluding carboxylic acids is 2. The summed E-state index contributed by atoms with van der Waals surface area (Å²) in [6.45, 7) is 16.7. The summed E-state index contributed by atoms with van der Waals surface area (Å²) in [6, 6.07) is 0. The maximum Gasteiger partial charge on any atom is 0.311 e. The molecule has 0 aromatic rings. The van der Waals surface area contributed by atoms with Crippen LogP contribution >= 0.6 is 0 Å². The Morgan fingerprint density at radius 3 is 2.27 bits per heavy atom. The number of esters is 2. The molecule has 2 saturated carbocycles. The van der Waals surface area contributed by atoms with Gasteiger partial charge in [-0.3, -0.25) is 14.4 Å². The van der Waals surface area contributed by atoms with Gasteiger partial charge < -0.3 is 39.7 Å². The number of rotatable bonds is 11. The molecule has 5 rings (SSSR count). The number of carboxylic acids is 1. The van der Waals surface area contributed by atoms with Crippen LogP contribution in [0.25, 0.3) is 0 Å². The quantitative estimate of drug-likeness (QED) is 0.132. The van der Waals surface area contributed by atoms with Crippen molar-refractivity contribution >= 4 is 17.9 Å². The van der Waals surface area contributed by atoms with Gasteiger partial charge in [0.15, 0.2) is 0 Å². The highest BCUT2D eigenvalue weighted by Gasteiger charge is 2.65. The van der Waals surface area contributed by atoms with Gasteiger partial charge in [-0.15, -0.1) is 0 Å². The number of carboxylic acid groups (broad SMARTS) is 1. The van der Waals surface area contributed by atoms with Gasteiger partial charge in [0.05, 0.1) is 31.0 Å². The van der Waals surface area contributed by atoms with Gasteiger partial charge in [0.2, 0.25) is 6.29 Å². The number of carbonyl (C=O) groups is 3. The lowest BCUT2D eigenvalue weighted by Crippen LogP contribution is -2.56. The zero-order valence-corrected chi connectivity index (χ0v) is 32.6. The van der Waals surface area contributed by atoms with E-state index in [-0.39, 0.29) is 52.6 Å². The summed E-state index contributed by atoms with van der Waals surface area (Å²) in [4.78, 5) is 38.3. The van der Waals surface area contributed by atoms with Gasteiger partial charge in [0.25, 0.3) is 0 Å². The van der Waals surface area contributed by atoms with Gasteiger partial charge >= 0.3 is 17.9 Å². The first-order chi connectivity index (χ1) is 24.1. The van der Waals surface area contributed by atoms with E-state index in [0.29, 0.717) is 19.3 Å². The maximum absolute atomic E-state index is 14.1. The monoisotopic (exact) mass is 732 g/mol. The summed E-state index contributed by atoms with van der Waals surface area (Å²) in [7, 11) is 0. The van der Waals surface area contributed by atoms with Gasteiger partial charge in [-0.1, -0.05) is 57.4 Å². The minimum absolute atomic E-state index is 0.0383. The summed E-state index contributed by atoms with van der Waals surface area (Å²) in [5.74, 6) is -2.30. The molecule has 1 saturated heterocycles. The summed E-state index contributed by atoms with van der Waals surface area (Å²) < 4.78 is 17.3. The van der Waals surface area contributed by atoms with Gasteiger partial charge in [-0.2, -0.15) is 0 Å². The highest BCUT2D eigenvalue weighted by atomic mass is 16.7. The highest BCUT2D eigenvalue weighted by Crippen LogP contribution is 2.72. The van der Waals surface area contributed by atoms with Crippen molar-refractivity contribution in [3.63, 3.8) is 0 Å². The molecule has 0 bridgehead atoms. The third kappa shape index (κ3) is 7.38. The molecule has 1 heterocycles. The largest absolute Gasteiger partial charge is 0.481 e. The van der Waals surface area contributed by atoms with E-state index in [1.807, 2.05) is 13.8 Å². The molecule has 0 aromatic carbocycles. The minimum Gasteiger partial charge on any atom is -0.481 e. The minimum atomic E-state index is -1.68. The maximum atomic E-state index is 14.1. The second kappa shape index (κ2) is 14.7. The number of aliphatic carboxylic acids is 1. The Morgan fingerprint density at radius 1 is 0.923 bits per heavy atom. The number of allylic oxidation sites excluding steroid dienone is 4. The van der Waals surface area contributed by atoms with Crippen molar-refractivity contribution in [3.05, 3.63) is 22.8 Å². The standard InChI is InChI=1S/C41H64O11/c1-23(2)10-9-11-24(35(48)52-36-34(47)33(46)28(42)22-50-36)25-14-18-41(8)27-12-13-29-37(3,4)30(51-32(45)21-38(5,49)20-31(43)44)16-17-39(29,6)26(27)15-19-40(25,41)7/h10,24-25,28-30,33-34,36,42,46-47,49H,9,11-22H2,1-8H3,(H,43,44)/t24-,25-,28-,29+,30-,33+,34-,36+,38?,39-,40-,41+/m1/s1. The molecule has 0 aromatic heterocycles. The molecule has 0 spiro atoms. The van der Waals surface area contributed by atoms with Gasteiger partial charge in [0, 0.05) is 5.41 Å². The molecule has 5 N–H and O–H groups in total. The van der Waals surface area contributed by atoms with E-state index >= 15 is 0 Å². The highest BCUT2D eigenvalue weighted by molar-refractivity contribution is 5.74. The molecule has 52 heavy (non-hydrogen) atoms. The summed E-state index contributed by atoms with van der Waals surface area (Å²) in [5, 5.41) is 50.4. The van der Waals surface area contributed by atoms with E-state index in [4.69, 9.17) is 19.3 Å². The number of fused-ring (bicyclic) bond motifs is 4. The fourth-order valence-electron chi connectivity index (χ4n) is 11.6. The zero-order chi connectivity index (χ0) is 38.6. The molecule has 1 aliphatic heterocycles. The number of ether oxygens (including phenoxy) is 3. The molecule has 294 valence electrons. The topological polar surface area (TPSA) is 180 Å². The lowest BCUT2D eigenvalue weighted by Gasteiger charge is -2.62. The molecule has 3 fully saturated rings. The predicted molar refractivity (Wildman–Crippen MR) is 192 cm³/mol. The summed E-state index contributed by atoms with van der Waals surface area (Å²) in [5.41, 5.74) is 1.82. The number of hydrogen-bond acceptors (Lipinski definition) is 10. The van der Waals surface area contributed by atoms with Crippen LogP contribution in [0.4, 0.5) is 0 Å². The van der Waals surface area contributed by atoms with Gasteiger partial charge in [-0.25, -0.2) is 0 Å². The molecule has 11 heteroatoms. The third-order valence-corrected chi connectivity index (χ3v) is 14.6. The van der Waals surface area contributed by atoms with Crippen molar-refractivity contribution in [1.29, 1.82) is 0 Å². The first kappa shape index (κ1) is 40.9. The van der Waals surface area contributed by atoms with Gasteiger partial charge in [-0.05, 0) is 113 Å². The Bertz CT molecular complexity index is 1440. The Hall–Kier alpha value is -2.31. The second-order valence-corrected chi connectivity index (χ2v) is 18.6. The van der Waals surface area contributed by atoms with Crippen molar-refractivity contribution < 1.29 is 54.1 Å². The van der Waals surface area contributed by atoms with E-state index in [1.165, 1.54) is 23.6 Å². The average molecular weight is 733 g/mol. The average Bonchev–Trinajstić information content (AvgIpc) is 3.30. The van der Waals surface area contributed by atoms with E-state index in [9.17, 15) is 34.8 Å². The first-order valence-electron chi connectivity index (χ1n) is 19.4. The first-order valence-corrected chi connectivity index (χ1v) is 19.4. The van der Waals surface area contributed by atoms with Crippen molar-refractivity contribution in [2.24, 2.45) is 39.4 Å². The van der Waals surface area contributed by atoms with E-state index in [1.54, 1.807) is 0 Å². The van der Waals surface area contributed by atoms with Crippen molar-refractivity contribution in [3.8, 4) is 0 Å². The van der Waals surface area contributed by atoms with E-state index < -0.39 is 60.4 Å². The molecule has 1 unspecified atom stereocenters. The van der Waals surface area contributed by atoms with Crippen LogP contribution in [0, 0.1) is 39.4 Å². The molecule has 12 atom stereocenters. The molecule has 0 amide bonds. The molecular formula is C41H64O11. The fraction of sp³-hybridized carbons (Fsp3) is 0.829. The van der Waals surface area contributed by atoms with E-state index in [2.05, 4.69) is 40.7 Å². The Labute approximate surface area is 309 Å².